The zero-order valence-corrected chi connectivity index (χ0v) is 16.6. The van der Waals surface area contributed by atoms with Gasteiger partial charge in [-0.1, -0.05) is 37.3 Å². The molecule has 0 fully saturated rings. The second-order valence-electron chi connectivity index (χ2n) is 7.20. The molecule has 3 aromatic carbocycles. The maximum atomic E-state index is 13.3. The lowest BCUT2D eigenvalue weighted by Crippen LogP contribution is -2.28. The molecule has 4 rings (SSSR count). The summed E-state index contributed by atoms with van der Waals surface area (Å²) in [5, 5.41) is 14.7. The molecule has 0 aliphatic carbocycles. The van der Waals surface area contributed by atoms with Crippen molar-refractivity contribution in [3.8, 4) is 28.3 Å². The van der Waals surface area contributed by atoms with E-state index in [9.17, 15) is 9.50 Å². The predicted octanol–water partition coefficient (Wildman–Crippen LogP) is 4.96. The van der Waals surface area contributed by atoms with Crippen LogP contribution in [-0.2, 0) is 0 Å². The van der Waals surface area contributed by atoms with E-state index in [1.54, 1.807) is 24.3 Å². The van der Waals surface area contributed by atoms with E-state index < -0.39 is 0 Å². The van der Waals surface area contributed by atoms with Crippen LogP contribution in [0.3, 0.4) is 0 Å². The fourth-order valence-corrected chi connectivity index (χ4v) is 3.24. The average Bonchev–Trinajstić information content (AvgIpc) is 2.78. The summed E-state index contributed by atoms with van der Waals surface area (Å²) in [7, 11) is 0. The van der Waals surface area contributed by atoms with Crippen molar-refractivity contribution in [1.82, 2.24) is 9.97 Å². The van der Waals surface area contributed by atoms with E-state index in [0.29, 0.717) is 23.8 Å². The highest BCUT2D eigenvalue weighted by molar-refractivity contribution is 5.91. The number of nitrogens with zero attached hydrogens (tertiary/aromatic N) is 2. The number of hydrogen-bond donors (Lipinski definition) is 3. The number of anilines is 1. The topological polar surface area (TPSA) is 84.1 Å². The number of phenols is 1. The molecule has 4 N–H and O–H groups in total. The minimum atomic E-state index is -0.295. The molecular weight excluding hydrogens is 379 g/mol. The SMILES string of the molecule is CCC(N)CNc1nc(-c2cc(-c3ccc(F)cc3)ccc2O)nc2ccccc12. The van der Waals surface area contributed by atoms with Crippen LogP contribution in [0.5, 0.6) is 5.75 Å². The molecule has 152 valence electrons. The number of rotatable bonds is 6. The molecule has 0 aliphatic rings. The number of fused-ring (bicyclic) bond motifs is 1. The molecule has 0 amide bonds. The Morgan fingerprint density at radius 2 is 1.73 bits per heavy atom. The fourth-order valence-electron chi connectivity index (χ4n) is 3.24. The summed E-state index contributed by atoms with van der Waals surface area (Å²) in [4.78, 5) is 9.35. The molecule has 0 radical (unpaired) electrons. The second-order valence-corrected chi connectivity index (χ2v) is 7.20. The Balaban J connectivity index is 1.80. The molecular formula is C24H23FN4O. The van der Waals surface area contributed by atoms with Crippen molar-refractivity contribution < 1.29 is 9.50 Å². The van der Waals surface area contributed by atoms with Crippen LogP contribution in [0.15, 0.2) is 66.7 Å². The van der Waals surface area contributed by atoms with E-state index >= 15 is 0 Å². The molecule has 30 heavy (non-hydrogen) atoms. The normalized spacial score (nSPS) is 12.1. The number of hydrogen-bond acceptors (Lipinski definition) is 5. The number of benzene rings is 3. The number of phenolic OH excluding ortho intramolecular Hbond substituents is 1. The van der Waals surface area contributed by atoms with Crippen molar-refractivity contribution in [3.63, 3.8) is 0 Å². The van der Waals surface area contributed by atoms with Gasteiger partial charge < -0.3 is 16.2 Å². The van der Waals surface area contributed by atoms with Gasteiger partial charge in [-0.05, 0) is 53.9 Å². The van der Waals surface area contributed by atoms with Crippen LogP contribution in [0.4, 0.5) is 10.2 Å². The summed E-state index contributed by atoms with van der Waals surface area (Å²) >= 11 is 0. The van der Waals surface area contributed by atoms with Gasteiger partial charge in [-0.15, -0.1) is 0 Å². The van der Waals surface area contributed by atoms with Crippen LogP contribution < -0.4 is 11.1 Å². The third-order valence-electron chi connectivity index (χ3n) is 5.07. The van der Waals surface area contributed by atoms with Crippen LogP contribution in [0.1, 0.15) is 13.3 Å². The third-order valence-corrected chi connectivity index (χ3v) is 5.07. The van der Waals surface area contributed by atoms with Crippen molar-refractivity contribution in [3.05, 3.63) is 72.5 Å². The Morgan fingerprint density at radius 1 is 1.00 bits per heavy atom. The van der Waals surface area contributed by atoms with Gasteiger partial charge in [0.25, 0.3) is 0 Å². The van der Waals surface area contributed by atoms with Crippen molar-refractivity contribution >= 4 is 16.7 Å². The van der Waals surface area contributed by atoms with Crippen LogP contribution >= 0.6 is 0 Å². The van der Waals surface area contributed by atoms with Crippen LogP contribution in [-0.4, -0.2) is 27.7 Å². The molecule has 0 aliphatic heterocycles. The van der Waals surface area contributed by atoms with Crippen molar-refractivity contribution in [2.75, 3.05) is 11.9 Å². The Kier molecular flexibility index (Phi) is 5.59. The summed E-state index contributed by atoms with van der Waals surface area (Å²) < 4.78 is 13.3. The molecule has 0 saturated heterocycles. The summed E-state index contributed by atoms with van der Waals surface area (Å²) in [6.45, 7) is 2.62. The maximum Gasteiger partial charge on any atom is 0.165 e. The second kappa shape index (κ2) is 8.47. The molecule has 5 nitrogen and oxygen atoms in total. The monoisotopic (exact) mass is 402 g/mol. The van der Waals surface area contributed by atoms with Gasteiger partial charge in [0.1, 0.15) is 17.4 Å². The number of nitrogens with two attached hydrogens (primary N) is 1. The Labute approximate surface area is 174 Å². The van der Waals surface area contributed by atoms with Crippen molar-refractivity contribution in [1.29, 1.82) is 0 Å². The number of aromatic hydroxyl groups is 1. The van der Waals surface area contributed by atoms with Gasteiger partial charge in [0.15, 0.2) is 5.82 Å². The molecule has 0 bridgehead atoms. The summed E-state index contributed by atoms with van der Waals surface area (Å²) in [6.07, 6.45) is 0.851. The zero-order valence-electron chi connectivity index (χ0n) is 16.6. The average molecular weight is 402 g/mol. The lowest BCUT2D eigenvalue weighted by Gasteiger charge is -2.14. The standard InChI is InChI=1S/C24H23FN4O/c1-2-18(26)14-27-23-19-5-3-4-6-21(19)28-24(29-23)20-13-16(9-12-22(20)30)15-7-10-17(25)11-8-15/h3-13,18,30H,2,14,26H2,1H3,(H,27,28,29). The first-order valence-electron chi connectivity index (χ1n) is 9.90. The summed E-state index contributed by atoms with van der Waals surface area (Å²) in [5.41, 5.74) is 9.00. The van der Waals surface area contributed by atoms with E-state index in [-0.39, 0.29) is 17.6 Å². The highest BCUT2D eigenvalue weighted by Crippen LogP contribution is 2.34. The zero-order chi connectivity index (χ0) is 21.1. The minimum Gasteiger partial charge on any atom is -0.507 e. The van der Waals surface area contributed by atoms with Crippen molar-refractivity contribution in [2.45, 2.75) is 19.4 Å². The lowest BCUT2D eigenvalue weighted by atomic mass is 10.0. The Hall–Kier alpha value is -3.51. The lowest BCUT2D eigenvalue weighted by molar-refractivity contribution is 0.477. The van der Waals surface area contributed by atoms with Gasteiger partial charge in [0.2, 0.25) is 0 Å². The van der Waals surface area contributed by atoms with E-state index in [1.807, 2.05) is 37.3 Å². The number of halogens is 1. The molecule has 6 heteroatoms. The Bertz CT molecular complexity index is 1180. The molecule has 1 aromatic heterocycles. The molecule has 1 unspecified atom stereocenters. The number of para-hydroxylation sites is 1. The maximum absolute atomic E-state index is 13.3. The Morgan fingerprint density at radius 3 is 2.50 bits per heavy atom. The molecule has 4 aromatic rings. The van der Waals surface area contributed by atoms with E-state index in [2.05, 4.69) is 15.3 Å². The quantitative estimate of drug-likeness (QED) is 0.425. The van der Waals surface area contributed by atoms with E-state index in [4.69, 9.17) is 5.73 Å². The van der Waals surface area contributed by atoms with Gasteiger partial charge in [0, 0.05) is 18.0 Å². The molecule has 1 atom stereocenters. The van der Waals surface area contributed by atoms with Gasteiger partial charge in [0.05, 0.1) is 11.1 Å². The fraction of sp³-hybridized carbons (Fsp3) is 0.167. The van der Waals surface area contributed by atoms with Crippen LogP contribution in [0.25, 0.3) is 33.4 Å². The molecule has 1 heterocycles. The van der Waals surface area contributed by atoms with Gasteiger partial charge in [-0.2, -0.15) is 0 Å². The first kappa shape index (κ1) is 19.8. The van der Waals surface area contributed by atoms with Crippen molar-refractivity contribution in [2.24, 2.45) is 5.73 Å². The number of aromatic nitrogens is 2. The van der Waals surface area contributed by atoms with E-state index in [0.717, 1.165) is 28.5 Å². The minimum absolute atomic E-state index is 0.0115. The smallest absolute Gasteiger partial charge is 0.165 e. The largest absolute Gasteiger partial charge is 0.507 e. The molecule has 0 spiro atoms. The van der Waals surface area contributed by atoms with Crippen LogP contribution in [0, 0.1) is 5.82 Å². The predicted molar refractivity (Wildman–Crippen MR) is 119 cm³/mol. The highest BCUT2D eigenvalue weighted by atomic mass is 19.1. The van der Waals surface area contributed by atoms with Gasteiger partial charge >= 0.3 is 0 Å². The first-order valence-corrected chi connectivity index (χ1v) is 9.90. The highest BCUT2D eigenvalue weighted by Gasteiger charge is 2.14. The van der Waals surface area contributed by atoms with Gasteiger partial charge in [-0.3, -0.25) is 0 Å². The number of nitrogens with one attached hydrogen (secondary N) is 1. The summed E-state index contributed by atoms with van der Waals surface area (Å²) in [5.74, 6) is 0.859. The summed E-state index contributed by atoms with van der Waals surface area (Å²) in [6, 6.07) is 19.1. The molecule has 0 saturated carbocycles. The van der Waals surface area contributed by atoms with Gasteiger partial charge in [-0.25, -0.2) is 14.4 Å². The third kappa shape index (κ3) is 4.09. The van der Waals surface area contributed by atoms with E-state index in [1.165, 1.54) is 12.1 Å². The first-order chi connectivity index (χ1) is 14.5. The van der Waals surface area contributed by atoms with Crippen LogP contribution in [0.2, 0.25) is 0 Å².